The molecule has 0 unspecified atom stereocenters. The van der Waals surface area contributed by atoms with Crippen LogP contribution >= 0.6 is 0 Å². The smallest absolute Gasteiger partial charge is 0.405 e. The van der Waals surface area contributed by atoms with Crippen molar-refractivity contribution in [2.24, 2.45) is 5.92 Å². The Bertz CT molecular complexity index is 2070. The molecular weight excluding hydrogens is 747 g/mol. The van der Waals surface area contributed by atoms with Gasteiger partial charge < -0.3 is 30.1 Å². The van der Waals surface area contributed by atoms with E-state index in [1.807, 2.05) is 6.08 Å². The Morgan fingerprint density at radius 1 is 1.15 bits per heavy atom. The zero-order chi connectivity index (χ0) is 39.6. The summed E-state index contributed by atoms with van der Waals surface area (Å²) in [6.45, 7) is 1.25. The highest BCUT2D eigenvalue weighted by atomic mass is 32.2. The van der Waals surface area contributed by atoms with Crippen molar-refractivity contribution in [3.05, 3.63) is 41.6 Å². The minimum Gasteiger partial charge on any atom is -0.497 e. The number of alkyl halides is 3. The number of nitrogens with zero attached hydrogens (tertiary/aromatic N) is 2. The van der Waals surface area contributed by atoms with Gasteiger partial charge in [-0.2, -0.15) is 13.2 Å². The van der Waals surface area contributed by atoms with Gasteiger partial charge in [0.2, 0.25) is 21.8 Å². The van der Waals surface area contributed by atoms with Crippen LogP contribution in [-0.2, 0) is 37.2 Å². The van der Waals surface area contributed by atoms with E-state index in [4.69, 9.17) is 9.47 Å². The summed E-state index contributed by atoms with van der Waals surface area (Å²) in [5, 5.41) is 15.2. The third kappa shape index (κ3) is 7.53. The Labute approximate surface area is 315 Å². The highest BCUT2D eigenvalue weighted by Gasteiger charge is 2.64. The van der Waals surface area contributed by atoms with Gasteiger partial charge in [0.05, 0.1) is 36.0 Å². The lowest BCUT2D eigenvalue weighted by Gasteiger charge is -2.37. The third-order valence-electron chi connectivity index (χ3n) is 11.7. The van der Waals surface area contributed by atoms with Gasteiger partial charge in [-0.3, -0.25) is 19.1 Å². The van der Waals surface area contributed by atoms with Gasteiger partial charge >= 0.3 is 12.3 Å². The van der Waals surface area contributed by atoms with E-state index in [9.17, 15) is 45.9 Å². The highest BCUT2D eigenvalue weighted by Crippen LogP contribution is 2.49. The van der Waals surface area contributed by atoms with Crippen LogP contribution in [0, 0.1) is 5.92 Å². The number of carboxylic acid groups (broad SMARTS) is 1. The Morgan fingerprint density at radius 3 is 2.60 bits per heavy atom. The van der Waals surface area contributed by atoms with E-state index in [0.29, 0.717) is 60.7 Å². The Kier molecular flexibility index (Phi) is 9.73. The van der Waals surface area contributed by atoms with Crippen molar-refractivity contribution >= 4 is 44.7 Å². The van der Waals surface area contributed by atoms with Crippen LogP contribution in [0.3, 0.4) is 0 Å². The van der Waals surface area contributed by atoms with Crippen molar-refractivity contribution in [1.29, 1.82) is 0 Å². The lowest BCUT2D eigenvalue weighted by molar-refractivity contribution is -0.141. The molecule has 1 aromatic heterocycles. The topological polar surface area (TPSA) is 193 Å². The largest absolute Gasteiger partial charge is 0.497 e. The van der Waals surface area contributed by atoms with Crippen LogP contribution < -0.4 is 24.8 Å². The average Bonchev–Trinajstić information content (AvgIpc) is 4.00. The van der Waals surface area contributed by atoms with Crippen LogP contribution in [0.4, 0.5) is 18.0 Å². The first kappa shape index (κ1) is 38.7. The van der Waals surface area contributed by atoms with E-state index in [1.54, 1.807) is 24.3 Å². The monoisotopic (exact) mass is 791 g/mol. The molecule has 5 aliphatic rings. The van der Waals surface area contributed by atoms with Crippen LogP contribution in [-0.4, -0.2) is 95.0 Å². The molecule has 14 nitrogen and oxygen atoms in total. The fraction of sp³-hybridized carbons (Fsp3) is 0.595. The molecule has 55 heavy (non-hydrogen) atoms. The molecule has 7 rings (SSSR count). The minimum atomic E-state index is -4.65. The number of hydrogen-bond acceptors (Lipinski definition) is 9. The number of pyridine rings is 1. The molecule has 1 aromatic carbocycles. The number of halogens is 3. The summed E-state index contributed by atoms with van der Waals surface area (Å²) in [5.41, 5.74) is -2.65. The molecule has 18 heteroatoms. The third-order valence-corrected chi connectivity index (χ3v) is 13.9. The lowest BCUT2D eigenvalue weighted by atomic mass is 9.86. The van der Waals surface area contributed by atoms with E-state index in [2.05, 4.69) is 20.3 Å². The quantitative estimate of drug-likeness (QED) is 0.311. The van der Waals surface area contributed by atoms with E-state index < -0.39 is 80.3 Å². The molecule has 2 saturated carbocycles. The maximum Gasteiger partial charge on any atom is 0.405 e. The first-order chi connectivity index (χ1) is 25.9. The van der Waals surface area contributed by atoms with Gasteiger partial charge in [0.1, 0.15) is 34.7 Å². The zero-order valence-electron chi connectivity index (χ0n) is 30.5. The van der Waals surface area contributed by atoms with Crippen LogP contribution in [0.2, 0.25) is 0 Å². The van der Waals surface area contributed by atoms with Gasteiger partial charge in [0, 0.05) is 23.3 Å². The van der Waals surface area contributed by atoms with Crippen molar-refractivity contribution in [3.63, 3.8) is 0 Å². The average molecular weight is 792 g/mol. The minimum absolute atomic E-state index is 0.0925. The summed E-state index contributed by atoms with van der Waals surface area (Å²) in [7, 11) is -2.62. The van der Waals surface area contributed by atoms with E-state index in [-0.39, 0.29) is 50.1 Å². The Hall–Kier alpha value is -4.61. The number of ether oxygens (including phenoxy) is 2. The fourth-order valence-electron chi connectivity index (χ4n) is 8.16. The van der Waals surface area contributed by atoms with E-state index in [1.165, 1.54) is 18.9 Å². The highest BCUT2D eigenvalue weighted by molar-refractivity contribution is 7.91. The summed E-state index contributed by atoms with van der Waals surface area (Å²) < 4.78 is 81.1. The van der Waals surface area contributed by atoms with E-state index in [0.717, 1.165) is 0 Å². The summed E-state index contributed by atoms with van der Waals surface area (Å²) in [4.78, 5) is 60.1. The van der Waals surface area contributed by atoms with Crippen LogP contribution in [0.15, 0.2) is 30.4 Å². The van der Waals surface area contributed by atoms with Crippen molar-refractivity contribution in [1.82, 2.24) is 25.2 Å². The first-order valence-corrected chi connectivity index (χ1v) is 20.0. The van der Waals surface area contributed by atoms with Crippen LogP contribution in [0.25, 0.3) is 10.9 Å². The van der Waals surface area contributed by atoms with Crippen molar-refractivity contribution in [2.75, 3.05) is 13.7 Å². The number of amides is 4. The fourth-order valence-corrected chi connectivity index (χ4v) is 9.47. The van der Waals surface area contributed by atoms with Crippen molar-refractivity contribution < 1.29 is 55.3 Å². The second-order valence-corrected chi connectivity index (χ2v) is 17.9. The normalized spacial score (nSPS) is 29.7. The molecule has 3 aliphatic heterocycles. The number of benzene rings is 1. The lowest BCUT2D eigenvalue weighted by Crippen LogP contribution is -2.58. The summed E-state index contributed by atoms with van der Waals surface area (Å²) in [6.07, 6.45) is -0.370. The zero-order valence-corrected chi connectivity index (χ0v) is 31.3. The standard InChI is InChI=1S/C37H44F3N5O9S/c1-34(14-15-34)55(51,52)44-32(48)36-17-21(36)8-6-4-3-5-7-9-26(42-33(49)50)31(47)45-20-35(19-28(45)30(46)43-36)13-12-23-24-16-22(53-2)10-11-25(24)41-27(29(23)54-35)18-37(38,39)40/h6,8,10-11,16,21,26,28,42H,3-5,7,9,12-15,17-20H2,1-2H3,(H,43,46)(H,44,48)(H,49,50)/b8-6-/t21-,26+,28+,35-,36-/m1/s1. The number of allylic oxidation sites excluding steroid dienone is 1. The SMILES string of the molecule is COc1ccc2nc(CC(F)(F)F)c3c(c2c1)CC[C@]1(C[C@H]2C(=O)N[C@]4(C(=O)NS(=O)(=O)C5(C)CC5)C[C@H]4/C=C\CCCCC[C@H](NC(=O)O)C(=O)N2C1)O3. The number of sulfonamides is 1. The number of carbonyl (C=O) groups excluding carboxylic acids is 3. The predicted octanol–water partition coefficient (Wildman–Crippen LogP) is 4.04. The summed E-state index contributed by atoms with van der Waals surface area (Å²) >= 11 is 0. The maximum atomic E-state index is 14.5. The van der Waals surface area contributed by atoms with Gasteiger partial charge in [-0.25, -0.2) is 18.2 Å². The molecule has 2 aliphatic carbocycles. The molecule has 1 saturated heterocycles. The Balaban J connectivity index is 1.27. The summed E-state index contributed by atoms with van der Waals surface area (Å²) in [6, 6.07) is 2.20. The van der Waals surface area contributed by atoms with Gasteiger partial charge in [-0.1, -0.05) is 25.0 Å². The maximum absolute atomic E-state index is 14.5. The predicted molar refractivity (Wildman–Crippen MR) is 191 cm³/mol. The van der Waals surface area contributed by atoms with Gasteiger partial charge in [-0.05, 0) is 76.5 Å². The Morgan fingerprint density at radius 2 is 1.91 bits per heavy atom. The van der Waals surface area contributed by atoms with Gasteiger partial charge in [-0.15, -0.1) is 0 Å². The molecule has 0 bridgehead atoms. The van der Waals surface area contributed by atoms with Gasteiger partial charge in [0.15, 0.2) is 0 Å². The molecule has 4 amide bonds. The number of carbonyl (C=O) groups is 4. The summed E-state index contributed by atoms with van der Waals surface area (Å²) in [5.74, 6) is -2.64. The molecule has 5 atom stereocenters. The number of hydrogen-bond donors (Lipinski definition) is 4. The molecule has 3 fully saturated rings. The van der Waals surface area contributed by atoms with Gasteiger partial charge in [0.25, 0.3) is 5.91 Å². The number of methoxy groups -OCH3 is 1. The van der Waals surface area contributed by atoms with Crippen molar-refractivity contribution in [3.8, 4) is 11.5 Å². The number of nitrogens with one attached hydrogen (secondary N) is 3. The first-order valence-electron chi connectivity index (χ1n) is 18.5. The number of aryl methyl sites for hydroxylation is 1. The molecule has 0 radical (unpaired) electrons. The van der Waals surface area contributed by atoms with Crippen LogP contribution in [0.5, 0.6) is 11.5 Å². The number of fused-ring (bicyclic) bond motifs is 5. The number of aromatic nitrogens is 1. The van der Waals surface area contributed by atoms with Crippen molar-refractivity contribution in [2.45, 2.75) is 118 Å². The molecular formula is C37H44F3N5O9S. The van der Waals surface area contributed by atoms with Crippen LogP contribution in [0.1, 0.15) is 82.4 Å². The number of rotatable bonds is 6. The molecule has 1 spiro atoms. The molecule has 4 heterocycles. The van der Waals surface area contributed by atoms with E-state index >= 15 is 0 Å². The second-order valence-electron chi connectivity index (χ2n) is 15.7. The molecule has 4 N–H and O–H groups in total. The molecule has 2 aromatic rings. The molecule has 298 valence electrons. The second kappa shape index (κ2) is 13.8.